The van der Waals surface area contributed by atoms with Crippen LogP contribution in [0.1, 0.15) is 6.42 Å². The molecule has 0 spiro atoms. The van der Waals surface area contributed by atoms with Crippen LogP contribution in [-0.2, 0) is 0 Å². The summed E-state index contributed by atoms with van der Waals surface area (Å²) in [5.41, 5.74) is 0. The zero-order valence-electron chi connectivity index (χ0n) is 7.36. The summed E-state index contributed by atoms with van der Waals surface area (Å²) in [7, 11) is 0. The molecule has 0 unspecified atom stereocenters. The molecule has 2 heterocycles. The van der Waals surface area contributed by atoms with Crippen LogP contribution in [0.4, 0.5) is 0 Å². The molecule has 1 aromatic rings. The first kappa shape index (κ1) is 8.63. The highest BCUT2D eigenvalue weighted by atomic mass is 32.1. The van der Waals surface area contributed by atoms with Gasteiger partial charge in [-0.05, 0) is 6.42 Å². The van der Waals surface area contributed by atoms with Crippen LogP contribution in [0.3, 0.4) is 0 Å². The molecule has 0 aromatic carbocycles. The molecular weight excluding hydrogens is 184 g/mol. The molecule has 0 aliphatic carbocycles. The third-order valence-corrected chi connectivity index (χ3v) is 2.74. The molecule has 1 aliphatic heterocycles. The van der Waals surface area contributed by atoms with Crippen molar-refractivity contribution in [2.45, 2.75) is 6.42 Å². The highest BCUT2D eigenvalue weighted by molar-refractivity contribution is 7.08. The van der Waals surface area contributed by atoms with E-state index in [4.69, 9.17) is 9.47 Å². The average molecular weight is 196 g/mol. The van der Waals surface area contributed by atoms with E-state index < -0.39 is 0 Å². The predicted molar refractivity (Wildman–Crippen MR) is 53.6 cm³/mol. The summed E-state index contributed by atoms with van der Waals surface area (Å²) in [5, 5.41) is 3.96. The Hall–Kier alpha value is -0.960. The third kappa shape index (κ3) is 1.86. The molecule has 0 radical (unpaired) electrons. The van der Waals surface area contributed by atoms with E-state index in [0.29, 0.717) is 5.92 Å². The first-order valence-corrected chi connectivity index (χ1v) is 5.27. The number of allylic oxidation sites excluding steroid dienone is 1. The van der Waals surface area contributed by atoms with Gasteiger partial charge >= 0.3 is 0 Å². The van der Waals surface area contributed by atoms with E-state index in [1.807, 2.05) is 16.8 Å². The zero-order valence-corrected chi connectivity index (χ0v) is 8.18. The van der Waals surface area contributed by atoms with Gasteiger partial charge in [0.2, 0.25) is 0 Å². The predicted octanol–water partition coefficient (Wildman–Crippen LogP) is 2.71. The molecule has 1 aliphatic rings. The fourth-order valence-electron chi connectivity index (χ4n) is 1.32. The monoisotopic (exact) mass is 196 g/mol. The fraction of sp³-hybridized carbons (Fsp3) is 0.400. The first-order valence-electron chi connectivity index (χ1n) is 4.33. The van der Waals surface area contributed by atoms with Crippen molar-refractivity contribution < 1.29 is 9.47 Å². The molecule has 0 fully saturated rings. The lowest BCUT2D eigenvalue weighted by atomic mass is 10.1. The van der Waals surface area contributed by atoms with E-state index in [0.717, 1.165) is 31.1 Å². The van der Waals surface area contributed by atoms with Gasteiger partial charge in [0.05, 0.1) is 13.2 Å². The van der Waals surface area contributed by atoms with Crippen molar-refractivity contribution in [2.24, 2.45) is 5.92 Å². The van der Waals surface area contributed by atoms with E-state index in [-0.39, 0.29) is 0 Å². The maximum atomic E-state index is 5.59. The minimum absolute atomic E-state index is 0.440. The van der Waals surface area contributed by atoms with Crippen LogP contribution in [0.25, 0.3) is 0 Å². The Bertz CT molecular complexity index is 270. The van der Waals surface area contributed by atoms with Gasteiger partial charge in [0.25, 0.3) is 0 Å². The largest absolute Gasteiger partial charge is 0.488 e. The molecule has 2 rings (SSSR count). The van der Waals surface area contributed by atoms with Gasteiger partial charge in [0, 0.05) is 16.7 Å². The lowest BCUT2D eigenvalue weighted by molar-refractivity contribution is 0.216. The van der Waals surface area contributed by atoms with Crippen LogP contribution >= 0.6 is 11.3 Å². The van der Waals surface area contributed by atoms with Gasteiger partial charge in [-0.3, -0.25) is 0 Å². The van der Waals surface area contributed by atoms with Gasteiger partial charge in [0.15, 0.2) is 11.5 Å². The second kappa shape index (κ2) is 3.83. The Morgan fingerprint density at radius 2 is 2.00 bits per heavy atom. The van der Waals surface area contributed by atoms with Crippen LogP contribution in [0.5, 0.6) is 11.5 Å². The number of thiophene rings is 1. The second-order valence-corrected chi connectivity index (χ2v) is 3.86. The molecule has 0 N–H and O–H groups in total. The Balaban J connectivity index is 2.03. The Morgan fingerprint density at radius 3 is 2.54 bits per heavy atom. The second-order valence-electron chi connectivity index (χ2n) is 3.11. The first-order chi connectivity index (χ1) is 6.40. The lowest BCUT2D eigenvalue weighted by Gasteiger charge is -2.09. The SMILES string of the molecule is C=CCC1COc2cscc2OC1. The zero-order chi connectivity index (χ0) is 9.10. The van der Waals surface area contributed by atoms with Gasteiger partial charge in [0.1, 0.15) is 0 Å². The van der Waals surface area contributed by atoms with Crippen LogP contribution < -0.4 is 9.47 Å². The quantitative estimate of drug-likeness (QED) is 0.677. The van der Waals surface area contributed by atoms with Crippen molar-refractivity contribution >= 4 is 11.3 Å². The highest BCUT2D eigenvalue weighted by Crippen LogP contribution is 2.34. The van der Waals surface area contributed by atoms with Gasteiger partial charge < -0.3 is 9.47 Å². The van der Waals surface area contributed by atoms with Crippen molar-refractivity contribution in [3.63, 3.8) is 0 Å². The Labute approximate surface area is 81.8 Å². The van der Waals surface area contributed by atoms with Crippen LogP contribution in [0.2, 0.25) is 0 Å². The maximum Gasteiger partial charge on any atom is 0.171 e. The summed E-state index contributed by atoms with van der Waals surface area (Å²) in [5.74, 6) is 2.21. The summed E-state index contributed by atoms with van der Waals surface area (Å²) in [6.07, 6.45) is 2.86. The molecule has 2 nitrogen and oxygen atoms in total. The van der Waals surface area contributed by atoms with Crippen LogP contribution in [0.15, 0.2) is 23.4 Å². The lowest BCUT2D eigenvalue weighted by Crippen LogP contribution is -2.15. The number of fused-ring (bicyclic) bond motifs is 1. The van der Waals surface area contributed by atoms with E-state index in [1.54, 1.807) is 11.3 Å². The van der Waals surface area contributed by atoms with Crippen molar-refractivity contribution in [2.75, 3.05) is 13.2 Å². The van der Waals surface area contributed by atoms with Gasteiger partial charge in [-0.2, -0.15) is 0 Å². The van der Waals surface area contributed by atoms with Gasteiger partial charge in [-0.25, -0.2) is 0 Å². The molecule has 3 heteroatoms. The molecular formula is C10H12O2S. The summed E-state index contributed by atoms with van der Waals surface area (Å²) in [6.45, 7) is 5.18. The minimum Gasteiger partial charge on any atom is -0.488 e. The molecule has 0 saturated heterocycles. The molecule has 70 valence electrons. The van der Waals surface area contributed by atoms with Crippen LogP contribution in [-0.4, -0.2) is 13.2 Å². The van der Waals surface area contributed by atoms with E-state index in [1.165, 1.54) is 0 Å². The van der Waals surface area contributed by atoms with E-state index in [2.05, 4.69) is 6.58 Å². The van der Waals surface area contributed by atoms with Crippen molar-refractivity contribution in [1.82, 2.24) is 0 Å². The van der Waals surface area contributed by atoms with Crippen molar-refractivity contribution in [3.8, 4) is 11.5 Å². The standard InChI is InChI=1S/C10H12O2S/c1-2-3-8-4-11-9-6-13-7-10(9)12-5-8/h2,6-8H,1,3-5H2. The normalized spacial score (nSPS) is 16.6. The molecule has 0 bridgehead atoms. The molecule has 1 aromatic heterocycles. The average Bonchev–Trinajstić information content (AvgIpc) is 2.50. The Kier molecular flexibility index (Phi) is 2.54. The van der Waals surface area contributed by atoms with E-state index >= 15 is 0 Å². The minimum atomic E-state index is 0.440. The smallest absolute Gasteiger partial charge is 0.171 e. The van der Waals surface area contributed by atoms with Crippen LogP contribution in [0, 0.1) is 5.92 Å². The number of hydrogen-bond acceptors (Lipinski definition) is 3. The molecule has 0 amide bonds. The summed E-state index contributed by atoms with van der Waals surface area (Å²) >= 11 is 1.61. The topological polar surface area (TPSA) is 18.5 Å². The summed E-state index contributed by atoms with van der Waals surface area (Å²) < 4.78 is 11.2. The van der Waals surface area contributed by atoms with Crippen molar-refractivity contribution in [3.05, 3.63) is 23.4 Å². The molecule has 13 heavy (non-hydrogen) atoms. The van der Waals surface area contributed by atoms with E-state index in [9.17, 15) is 0 Å². The Morgan fingerprint density at radius 1 is 1.38 bits per heavy atom. The number of hydrogen-bond donors (Lipinski definition) is 0. The maximum absolute atomic E-state index is 5.59. The molecule has 0 saturated carbocycles. The highest BCUT2D eigenvalue weighted by Gasteiger charge is 2.17. The fourth-order valence-corrected chi connectivity index (χ4v) is 2.00. The third-order valence-electron chi connectivity index (χ3n) is 2.04. The van der Waals surface area contributed by atoms with Gasteiger partial charge in [-0.1, -0.05) is 6.08 Å². The number of ether oxygens (including phenoxy) is 2. The summed E-state index contributed by atoms with van der Waals surface area (Å²) in [4.78, 5) is 0. The van der Waals surface area contributed by atoms with Gasteiger partial charge in [-0.15, -0.1) is 17.9 Å². The summed E-state index contributed by atoms with van der Waals surface area (Å²) in [6, 6.07) is 0. The van der Waals surface area contributed by atoms with Crippen molar-refractivity contribution in [1.29, 1.82) is 0 Å². The molecule has 0 atom stereocenters. The number of rotatable bonds is 2.